The van der Waals surface area contributed by atoms with Crippen molar-refractivity contribution in [2.45, 2.75) is 57.5 Å². The third-order valence-corrected chi connectivity index (χ3v) is 9.46. The van der Waals surface area contributed by atoms with Crippen molar-refractivity contribution in [3.63, 3.8) is 0 Å². The van der Waals surface area contributed by atoms with E-state index in [0.717, 1.165) is 58.6 Å². The number of pyridine rings is 1. The Bertz CT molecular complexity index is 1590. The van der Waals surface area contributed by atoms with Gasteiger partial charge >= 0.3 is 0 Å². The lowest BCUT2D eigenvalue weighted by molar-refractivity contribution is 0.526. The molecule has 0 saturated heterocycles. The fourth-order valence-corrected chi connectivity index (χ4v) is 7.47. The van der Waals surface area contributed by atoms with Gasteiger partial charge in [-0.15, -0.1) is 11.3 Å². The highest BCUT2D eigenvalue weighted by Gasteiger charge is 2.30. The standard InChI is InChI=1S/C28H29F3N6OS2/c1-14-23(27-36-25-22(39-27)7-8-32-24(25)16-4-5-16)26(35-18-6-3-15(9-18)13-40(2)38)37-28(34-14)33-12-19-20(30)10-17(29)11-21(19)31/h7-8,10-11,15-16,18H,3-6,9,12-13H2,1-2H3,(H2,33,34,35,37). The molecule has 3 unspecified atom stereocenters. The number of fused-ring (bicyclic) bond motifs is 1. The number of rotatable bonds is 9. The van der Waals surface area contributed by atoms with E-state index in [1.54, 1.807) is 17.6 Å². The van der Waals surface area contributed by atoms with Crippen LogP contribution in [-0.2, 0) is 17.3 Å². The maximum atomic E-state index is 14.2. The predicted molar refractivity (Wildman–Crippen MR) is 152 cm³/mol. The quantitative estimate of drug-likeness (QED) is 0.237. The summed E-state index contributed by atoms with van der Waals surface area (Å²) in [4.78, 5) is 18.9. The first-order valence-electron chi connectivity index (χ1n) is 13.3. The molecular weight excluding hydrogens is 557 g/mol. The summed E-state index contributed by atoms with van der Waals surface area (Å²) in [7, 11) is -0.857. The van der Waals surface area contributed by atoms with Crippen molar-refractivity contribution in [1.29, 1.82) is 0 Å². The molecule has 210 valence electrons. The molecule has 0 aliphatic heterocycles. The smallest absolute Gasteiger partial charge is 0.225 e. The van der Waals surface area contributed by atoms with Gasteiger partial charge in [-0.25, -0.2) is 23.1 Å². The molecule has 12 heteroatoms. The van der Waals surface area contributed by atoms with Gasteiger partial charge in [0.05, 0.1) is 21.7 Å². The predicted octanol–water partition coefficient (Wildman–Crippen LogP) is 6.32. The highest BCUT2D eigenvalue weighted by atomic mass is 32.2. The van der Waals surface area contributed by atoms with Gasteiger partial charge in [0.2, 0.25) is 5.95 Å². The van der Waals surface area contributed by atoms with Gasteiger partial charge in [0.25, 0.3) is 0 Å². The van der Waals surface area contributed by atoms with E-state index < -0.39 is 28.3 Å². The Morgan fingerprint density at radius 3 is 2.58 bits per heavy atom. The molecule has 1 aromatic carbocycles. The van der Waals surface area contributed by atoms with E-state index in [1.807, 2.05) is 19.2 Å². The molecular formula is C28H29F3N6OS2. The van der Waals surface area contributed by atoms with Crippen LogP contribution in [0.3, 0.4) is 0 Å². The molecule has 6 rings (SSSR count). The molecule has 7 nitrogen and oxygen atoms in total. The summed E-state index contributed by atoms with van der Waals surface area (Å²) in [5.41, 5.74) is 3.07. The summed E-state index contributed by atoms with van der Waals surface area (Å²) in [6.07, 6.45) is 8.56. The fourth-order valence-electron chi connectivity index (χ4n) is 5.44. The van der Waals surface area contributed by atoms with Crippen LogP contribution in [0, 0.1) is 30.3 Å². The molecule has 3 aromatic heterocycles. The lowest BCUT2D eigenvalue weighted by Gasteiger charge is -2.18. The lowest BCUT2D eigenvalue weighted by Crippen LogP contribution is -2.20. The number of anilines is 2. The molecule has 0 amide bonds. The van der Waals surface area contributed by atoms with Gasteiger partial charge in [0.1, 0.15) is 33.8 Å². The van der Waals surface area contributed by atoms with E-state index in [9.17, 15) is 17.4 Å². The SMILES string of the molecule is Cc1nc(NCc2c(F)cc(F)cc2F)nc(NC2CCC(CS(C)=O)C2)c1-c1nc2c(C3CC3)nccc2s1. The fraction of sp³-hybridized carbons (Fsp3) is 0.429. The molecule has 40 heavy (non-hydrogen) atoms. The Labute approximate surface area is 236 Å². The van der Waals surface area contributed by atoms with E-state index in [4.69, 9.17) is 9.97 Å². The maximum Gasteiger partial charge on any atom is 0.225 e. The minimum atomic E-state index is -0.975. The minimum absolute atomic E-state index is 0.125. The molecule has 2 aliphatic carbocycles. The first kappa shape index (κ1) is 27.1. The second kappa shape index (κ2) is 11.0. The van der Waals surface area contributed by atoms with Gasteiger partial charge in [-0.05, 0) is 51.0 Å². The Morgan fingerprint density at radius 1 is 1.07 bits per heavy atom. The number of hydrogen-bond acceptors (Lipinski definition) is 8. The molecule has 2 N–H and O–H groups in total. The molecule has 3 heterocycles. The summed E-state index contributed by atoms with van der Waals surface area (Å²) in [5.74, 6) is -0.661. The number of aryl methyl sites for hydroxylation is 1. The summed E-state index contributed by atoms with van der Waals surface area (Å²) >= 11 is 1.56. The van der Waals surface area contributed by atoms with E-state index in [1.165, 1.54) is 0 Å². The zero-order valence-electron chi connectivity index (χ0n) is 22.1. The van der Waals surface area contributed by atoms with Crippen LogP contribution in [0.4, 0.5) is 24.9 Å². The third-order valence-electron chi connectivity index (χ3n) is 7.48. The van der Waals surface area contributed by atoms with Crippen LogP contribution in [0.2, 0.25) is 0 Å². The van der Waals surface area contributed by atoms with Crippen molar-refractivity contribution in [3.8, 4) is 10.6 Å². The van der Waals surface area contributed by atoms with Gasteiger partial charge in [-0.1, -0.05) is 0 Å². The van der Waals surface area contributed by atoms with E-state index in [2.05, 4.69) is 20.6 Å². The van der Waals surface area contributed by atoms with Gasteiger partial charge in [-0.3, -0.25) is 9.19 Å². The summed E-state index contributed by atoms with van der Waals surface area (Å²) in [5, 5.41) is 7.26. The van der Waals surface area contributed by atoms with Crippen molar-refractivity contribution in [1.82, 2.24) is 19.9 Å². The van der Waals surface area contributed by atoms with Crippen LogP contribution in [-0.4, -0.2) is 42.2 Å². The van der Waals surface area contributed by atoms with Crippen molar-refractivity contribution >= 4 is 44.1 Å². The van der Waals surface area contributed by atoms with Crippen LogP contribution in [0.5, 0.6) is 0 Å². The van der Waals surface area contributed by atoms with Crippen LogP contribution in [0.1, 0.15) is 55.0 Å². The van der Waals surface area contributed by atoms with Crippen LogP contribution < -0.4 is 10.6 Å². The first-order valence-corrected chi connectivity index (χ1v) is 15.9. The molecule has 0 radical (unpaired) electrons. The number of hydrogen-bond donors (Lipinski definition) is 2. The molecule has 0 bridgehead atoms. The molecule has 0 spiro atoms. The molecule has 4 aromatic rings. The number of nitrogens with zero attached hydrogens (tertiary/aromatic N) is 4. The van der Waals surface area contributed by atoms with Crippen molar-refractivity contribution in [2.75, 3.05) is 22.6 Å². The Balaban J connectivity index is 1.35. The molecule has 2 aliphatic rings. The second-order valence-electron chi connectivity index (χ2n) is 10.7. The third kappa shape index (κ3) is 5.69. The average molecular weight is 587 g/mol. The zero-order valence-corrected chi connectivity index (χ0v) is 23.8. The van der Waals surface area contributed by atoms with Crippen LogP contribution >= 0.6 is 11.3 Å². The number of halogens is 3. The van der Waals surface area contributed by atoms with Crippen molar-refractivity contribution < 1.29 is 17.4 Å². The Kier molecular flexibility index (Phi) is 7.47. The van der Waals surface area contributed by atoms with Gasteiger partial charge in [0.15, 0.2) is 0 Å². The van der Waals surface area contributed by atoms with Crippen LogP contribution in [0.25, 0.3) is 20.8 Å². The molecule has 2 fully saturated rings. The average Bonchev–Trinajstić information content (AvgIpc) is 3.49. The minimum Gasteiger partial charge on any atom is -0.367 e. The molecule has 2 saturated carbocycles. The van der Waals surface area contributed by atoms with E-state index in [0.29, 0.717) is 41.2 Å². The van der Waals surface area contributed by atoms with Crippen molar-refractivity contribution in [2.24, 2.45) is 5.92 Å². The second-order valence-corrected chi connectivity index (χ2v) is 13.2. The highest BCUT2D eigenvalue weighted by Crippen LogP contribution is 2.44. The van der Waals surface area contributed by atoms with Gasteiger partial charge in [-0.2, -0.15) is 4.98 Å². The summed E-state index contributed by atoms with van der Waals surface area (Å²) in [6, 6.07) is 3.40. The van der Waals surface area contributed by atoms with Gasteiger partial charge < -0.3 is 10.6 Å². The normalized spacial score (nSPS) is 19.7. The number of thiazole rings is 1. The maximum absolute atomic E-state index is 14.2. The van der Waals surface area contributed by atoms with Crippen LogP contribution in [0.15, 0.2) is 24.4 Å². The largest absolute Gasteiger partial charge is 0.367 e. The number of aromatic nitrogens is 4. The molecule has 3 atom stereocenters. The zero-order chi connectivity index (χ0) is 28.0. The van der Waals surface area contributed by atoms with E-state index in [-0.39, 0.29) is 24.1 Å². The highest BCUT2D eigenvalue weighted by molar-refractivity contribution is 7.84. The topological polar surface area (TPSA) is 92.7 Å². The monoisotopic (exact) mass is 586 g/mol. The van der Waals surface area contributed by atoms with Crippen molar-refractivity contribution in [3.05, 3.63) is 58.8 Å². The number of nitrogens with one attached hydrogen (secondary N) is 2. The Hall–Kier alpha value is -3.12. The van der Waals surface area contributed by atoms with Gasteiger partial charge in [0, 0.05) is 65.2 Å². The van der Waals surface area contributed by atoms with E-state index >= 15 is 0 Å². The lowest BCUT2D eigenvalue weighted by atomic mass is 10.1. The first-order chi connectivity index (χ1) is 19.2. The Morgan fingerprint density at radius 2 is 1.85 bits per heavy atom. The summed E-state index contributed by atoms with van der Waals surface area (Å²) in [6.45, 7) is 1.61. The summed E-state index contributed by atoms with van der Waals surface area (Å²) < 4.78 is 54.7. The number of benzene rings is 1.